The Bertz CT molecular complexity index is 656. The van der Waals surface area contributed by atoms with Crippen LogP contribution in [0.15, 0.2) is 53.7 Å². The average molecular weight is 360 g/mol. The van der Waals surface area contributed by atoms with Crippen molar-refractivity contribution >= 4 is 64.0 Å². The van der Waals surface area contributed by atoms with E-state index in [-0.39, 0.29) is 0 Å². The van der Waals surface area contributed by atoms with Crippen molar-refractivity contribution in [1.82, 2.24) is 0 Å². The van der Waals surface area contributed by atoms with Crippen LogP contribution in [-0.2, 0) is 0 Å². The summed E-state index contributed by atoms with van der Waals surface area (Å²) in [4.78, 5) is 4.22. The highest BCUT2D eigenvalue weighted by Gasteiger charge is 1.96. The first-order valence-corrected chi connectivity index (χ1v) is 7.42. The van der Waals surface area contributed by atoms with E-state index >= 15 is 0 Å². The predicted molar refractivity (Wildman–Crippen MR) is 93.8 cm³/mol. The van der Waals surface area contributed by atoms with Gasteiger partial charge in [0, 0.05) is 38.2 Å². The van der Waals surface area contributed by atoms with Crippen LogP contribution in [0, 0.1) is 0 Å². The van der Waals surface area contributed by atoms with E-state index in [1.807, 2.05) is 0 Å². The number of allylic oxidation sites excluding steroid dienone is 1. The zero-order valence-electron chi connectivity index (χ0n) is 10.7. The van der Waals surface area contributed by atoms with Crippen LogP contribution in [0.5, 0.6) is 0 Å². The van der Waals surface area contributed by atoms with Crippen molar-refractivity contribution in [3.63, 3.8) is 0 Å². The first-order valence-electron chi connectivity index (χ1n) is 5.91. The molecule has 0 radical (unpaired) electrons. The van der Waals surface area contributed by atoms with Crippen LogP contribution in [0.1, 0.15) is 0 Å². The molecule has 0 amide bonds. The lowest BCUT2D eigenvalue weighted by molar-refractivity contribution is 1.53. The average Bonchev–Trinajstić information content (AvgIpc) is 2.36. The monoisotopic (exact) mass is 358 g/mol. The third kappa shape index (κ3) is 5.60. The maximum Gasteiger partial charge on any atom is 0.0659 e. The molecule has 108 valence electrons. The smallest absolute Gasteiger partial charge is 0.0659 e. The van der Waals surface area contributed by atoms with Gasteiger partial charge >= 0.3 is 0 Å². The highest BCUT2D eigenvalue weighted by molar-refractivity contribution is 6.35. The second-order valence-electron chi connectivity index (χ2n) is 4.07. The fraction of sp³-hybridized carbons (Fsp3) is 0. The highest BCUT2D eigenvalue weighted by Crippen LogP contribution is 2.24. The van der Waals surface area contributed by atoms with E-state index in [4.69, 9.17) is 46.4 Å². The minimum atomic E-state index is 0.547. The molecular formula is C15H10Cl4N2. The number of rotatable bonds is 4. The molecule has 0 aliphatic carbocycles. The molecule has 0 unspecified atom stereocenters. The van der Waals surface area contributed by atoms with E-state index in [1.165, 1.54) is 0 Å². The number of nitrogens with zero attached hydrogens (tertiary/aromatic N) is 1. The van der Waals surface area contributed by atoms with Crippen molar-refractivity contribution in [2.45, 2.75) is 0 Å². The third-order valence-electron chi connectivity index (χ3n) is 2.37. The van der Waals surface area contributed by atoms with E-state index in [0.717, 1.165) is 5.69 Å². The Morgan fingerprint density at radius 3 is 1.86 bits per heavy atom. The number of halogens is 4. The number of hydrogen-bond donors (Lipinski definition) is 1. The van der Waals surface area contributed by atoms with Gasteiger partial charge in [-0.25, -0.2) is 0 Å². The summed E-state index contributed by atoms with van der Waals surface area (Å²) >= 11 is 23.6. The summed E-state index contributed by atoms with van der Waals surface area (Å²) in [7, 11) is 0. The van der Waals surface area contributed by atoms with Gasteiger partial charge in [0.25, 0.3) is 0 Å². The Morgan fingerprint density at radius 1 is 0.762 bits per heavy atom. The van der Waals surface area contributed by atoms with E-state index in [9.17, 15) is 0 Å². The van der Waals surface area contributed by atoms with Gasteiger partial charge in [-0.15, -0.1) is 0 Å². The zero-order chi connectivity index (χ0) is 15.2. The number of hydrogen-bond acceptors (Lipinski definition) is 2. The Hall–Kier alpha value is -1.19. The van der Waals surface area contributed by atoms with E-state index in [0.29, 0.717) is 25.8 Å². The topological polar surface area (TPSA) is 24.4 Å². The lowest BCUT2D eigenvalue weighted by Crippen LogP contribution is -1.87. The Morgan fingerprint density at radius 2 is 1.29 bits per heavy atom. The molecule has 0 aliphatic heterocycles. The number of anilines is 1. The molecule has 0 saturated heterocycles. The van der Waals surface area contributed by atoms with Crippen LogP contribution in [0.25, 0.3) is 0 Å². The van der Waals surface area contributed by atoms with Gasteiger partial charge < -0.3 is 5.32 Å². The molecule has 0 aliphatic rings. The van der Waals surface area contributed by atoms with Crippen LogP contribution >= 0.6 is 46.4 Å². The fourth-order valence-electron chi connectivity index (χ4n) is 1.57. The van der Waals surface area contributed by atoms with Crippen molar-refractivity contribution < 1.29 is 0 Å². The SMILES string of the molecule is Clc1cc(Cl)cc(N=CC=CNc2cc(Cl)cc(Cl)c2)c1. The third-order valence-corrected chi connectivity index (χ3v) is 3.24. The number of aliphatic imine (C=N–C) groups is 1. The molecule has 21 heavy (non-hydrogen) atoms. The molecule has 2 aromatic rings. The molecule has 2 rings (SSSR count). The first kappa shape index (κ1) is 16.2. The van der Waals surface area contributed by atoms with Gasteiger partial charge in [0.15, 0.2) is 0 Å². The molecule has 0 aromatic heterocycles. The normalized spacial score (nSPS) is 11.4. The summed E-state index contributed by atoms with van der Waals surface area (Å²) in [5, 5.41) is 5.28. The lowest BCUT2D eigenvalue weighted by atomic mass is 10.3. The second kappa shape index (κ2) is 7.71. The minimum absolute atomic E-state index is 0.547. The molecule has 0 atom stereocenters. The van der Waals surface area contributed by atoms with Gasteiger partial charge in [-0.1, -0.05) is 46.4 Å². The summed E-state index contributed by atoms with van der Waals surface area (Å²) < 4.78 is 0. The molecule has 2 aromatic carbocycles. The Labute approximate surface area is 143 Å². The zero-order valence-corrected chi connectivity index (χ0v) is 13.7. The molecular weight excluding hydrogens is 350 g/mol. The summed E-state index contributed by atoms with van der Waals surface area (Å²) in [6.07, 6.45) is 5.09. The van der Waals surface area contributed by atoms with Gasteiger partial charge in [0.2, 0.25) is 0 Å². The van der Waals surface area contributed by atoms with Crippen molar-refractivity contribution in [3.8, 4) is 0 Å². The summed E-state index contributed by atoms with van der Waals surface area (Å²) in [6, 6.07) is 10.3. The molecule has 2 nitrogen and oxygen atoms in total. The predicted octanol–water partition coefficient (Wildman–Crippen LogP) is 6.63. The fourth-order valence-corrected chi connectivity index (χ4v) is 2.61. The van der Waals surface area contributed by atoms with Crippen molar-refractivity contribution in [2.24, 2.45) is 4.99 Å². The summed E-state index contributed by atoms with van der Waals surface area (Å²) in [5.74, 6) is 0. The first-order chi connectivity index (χ1) is 10.0. The lowest BCUT2D eigenvalue weighted by Gasteiger charge is -2.01. The molecule has 6 heteroatoms. The van der Waals surface area contributed by atoms with Crippen LogP contribution in [0.4, 0.5) is 11.4 Å². The van der Waals surface area contributed by atoms with Crippen molar-refractivity contribution in [1.29, 1.82) is 0 Å². The van der Waals surface area contributed by atoms with E-state index in [2.05, 4.69) is 10.3 Å². The molecule has 0 heterocycles. The molecule has 0 saturated carbocycles. The van der Waals surface area contributed by atoms with E-state index < -0.39 is 0 Å². The highest BCUT2D eigenvalue weighted by atomic mass is 35.5. The Kier molecular flexibility index (Phi) is 5.95. The minimum Gasteiger partial charge on any atom is -0.362 e. The van der Waals surface area contributed by atoms with Gasteiger partial charge in [-0.05, 0) is 42.5 Å². The molecule has 0 bridgehead atoms. The maximum absolute atomic E-state index is 5.90. The van der Waals surface area contributed by atoms with Crippen LogP contribution < -0.4 is 5.32 Å². The van der Waals surface area contributed by atoms with Crippen LogP contribution in [-0.4, -0.2) is 6.21 Å². The van der Waals surface area contributed by atoms with Crippen LogP contribution in [0.2, 0.25) is 20.1 Å². The van der Waals surface area contributed by atoms with Gasteiger partial charge in [-0.2, -0.15) is 0 Å². The molecule has 0 fully saturated rings. The maximum atomic E-state index is 5.90. The van der Waals surface area contributed by atoms with Gasteiger partial charge in [-0.3, -0.25) is 4.99 Å². The Balaban J connectivity index is 1.97. The van der Waals surface area contributed by atoms with Gasteiger partial charge in [0.1, 0.15) is 0 Å². The molecule has 1 N–H and O–H groups in total. The standard InChI is InChI=1S/C15H10Cl4N2/c16-10-4-11(17)7-14(6-10)20-2-1-3-21-15-8-12(18)5-13(19)9-15/h1-9,20H. The second-order valence-corrected chi connectivity index (χ2v) is 5.81. The van der Waals surface area contributed by atoms with Crippen LogP contribution in [0.3, 0.4) is 0 Å². The summed E-state index contributed by atoms with van der Waals surface area (Å²) in [6.45, 7) is 0. The number of benzene rings is 2. The number of nitrogens with one attached hydrogen (secondary N) is 1. The quantitative estimate of drug-likeness (QED) is 0.608. The van der Waals surface area contributed by atoms with Crippen molar-refractivity contribution in [2.75, 3.05) is 5.32 Å². The summed E-state index contributed by atoms with van der Waals surface area (Å²) in [5.41, 5.74) is 1.48. The van der Waals surface area contributed by atoms with Crippen molar-refractivity contribution in [3.05, 3.63) is 68.8 Å². The van der Waals surface area contributed by atoms with Gasteiger partial charge in [0.05, 0.1) is 5.69 Å². The van der Waals surface area contributed by atoms with E-state index in [1.54, 1.807) is 54.9 Å². The largest absolute Gasteiger partial charge is 0.362 e. The molecule has 0 spiro atoms.